The number of halogens is 4. The molecule has 3 aromatic rings. The molecule has 0 aliphatic heterocycles. The van der Waals surface area contributed by atoms with Gasteiger partial charge in [-0.3, -0.25) is 9.78 Å². The number of nitrogens with one attached hydrogen (secondary N) is 1. The largest absolute Gasteiger partial charge is 0.420 e. The second-order valence-electron chi connectivity index (χ2n) is 7.81. The maximum absolute atomic E-state index is 12.6. The molecule has 0 radical (unpaired) electrons. The number of nitrogens with zero attached hydrogens (tertiary/aromatic N) is 3. The lowest BCUT2D eigenvalue weighted by atomic mass is 9.82. The summed E-state index contributed by atoms with van der Waals surface area (Å²) in [7, 11) is 0. The Morgan fingerprint density at radius 3 is 2.41 bits per heavy atom. The van der Waals surface area contributed by atoms with Gasteiger partial charge in [0.05, 0.1) is 5.56 Å². The first-order valence-electron chi connectivity index (χ1n) is 10.2. The first-order chi connectivity index (χ1) is 15.3. The maximum Gasteiger partial charge on any atom is 0.417 e. The fourth-order valence-corrected chi connectivity index (χ4v) is 3.87. The molecule has 1 aliphatic rings. The van der Waals surface area contributed by atoms with Crippen LogP contribution < -0.4 is 5.32 Å². The minimum absolute atomic E-state index is 0.0349. The number of hydrogen-bond acceptors (Lipinski definition) is 5. The Morgan fingerprint density at radius 1 is 1.06 bits per heavy atom. The van der Waals surface area contributed by atoms with Gasteiger partial charge in [0.25, 0.3) is 5.91 Å². The monoisotopic (exact) mass is 464 g/mol. The Balaban J connectivity index is 1.26. The average molecular weight is 465 g/mol. The minimum atomic E-state index is -4.48. The summed E-state index contributed by atoms with van der Waals surface area (Å²) >= 11 is 5.91. The molecule has 1 saturated carbocycles. The van der Waals surface area contributed by atoms with Crippen LogP contribution in [0.15, 0.2) is 47.0 Å². The predicted octanol–water partition coefficient (Wildman–Crippen LogP) is 5.51. The molecule has 1 aromatic carbocycles. The molecular formula is C22H20ClF3N4O2. The molecule has 0 bridgehead atoms. The summed E-state index contributed by atoms with van der Waals surface area (Å²) in [5.74, 6) is 1.00. The van der Waals surface area contributed by atoms with Crippen LogP contribution in [0.5, 0.6) is 0 Å². The molecule has 0 spiro atoms. The van der Waals surface area contributed by atoms with Crippen molar-refractivity contribution in [1.82, 2.24) is 20.5 Å². The van der Waals surface area contributed by atoms with E-state index in [2.05, 4.69) is 20.5 Å². The highest BCUT2D eigenvalue weighted by molar-refractivity contribution is 6.30. The van der Waals surface area contributed by atoms with Gasteiger partial charge in [0.2, 0.25) is 11.8 Å². The number of hydrogen-bond donors (Lipinski definition) is 1. The van der Waals surface area contributed by atoms with Crippen LogP contribution >= 0.6 is 11.6 Å². The molecule has 1 amide bonds. The van der Waals surface area contributed by atoms with Gasteiger partial charge >= 0.3 is 6.18 Å². The number of benzene rings is 1. The minimum Gasteiger partial charge on any atom is -0.420 e. The van der Waals surface area contributed by atoms with Gasteiger partial charge in [-0.05, 0) is 68.0 Å². The lowest BCUT2D eigenvalue weighted by Crippen LogP contribution is -2.31. The lowest BCUT2D eigenvalue weighted by molar-refractivity contribution is -0.137. The third kappa shape index (κ3) is 5.27. The van der Waals surface area contributed by atoms with Crippen molar-refractivity contribution >= 4 is 17.5 Å². The molecule has 4 rings (SSSR count). The van der Waals surface area contributed by atoms with Crippen LogP contribution in [0.1, 0.15) is 53.5 Å². The van der Waals surface area contributed by atoms with Gasteiger partial charge in [-0.15, -0.1) is 10.2 Å². The summed E-state index contributed by atoms with van der Waals surface area (Å²) in [5, 5.41) is 11.7. The van der Waals surface area contributed by atoms with Gasteiger partial charge in [0.1, 0.15) is 5.69 Å². The van der Waals surface area contributed by atoms with Crippen molar-refractivity contribution in [3.8, 4) is 11.5 Å². The summed E-state index contributed by atoms with van der Waals surface area (Å²) in [6.07, 6.45) is -0.381. The Kier molecular flexibility index (Phi) is 6.45. The highest BCUT2D eigenvalue weighted by atomic mass is 35.5. The first kappa shape index (κ1) is 22.3. The number of carbonyl (C=O) groups is 1. The van der Waals surface area contributed by atoms with Gasteiger partial charge in [0.15, 0.2) is 0 Å². The zero-order chi connectivity index (χ0) is 22.7. The van der Waals surface area contributed by atoms with E-state index in [4.69, 9.17) is 16.0 Å². The van der Waals surface area contributed by atoms with Crippen molar-refractivity contribution in [3.63, 3.8) is 0 Å². The highest BCUT2D eigenvalue weighted by Gasteiger charge is 2.31. The third-order valence-corrected chi connectivity index (χ3v) is 5.85. The summed E-state index contributed by atoms with van der Waals surface area (Å²) < 4.78 is 43.7. The molecule has 1 N–H and O–H groups in total. The van der Waals surface area contributed by atoms with Crippen LogP contribution in [-0.4, -0.2) is 27.6 Å². The molecule has 168 valence electrons. The fraction of sp³-hybridized carbons (Fsp3) is 0.364. The van der Waals surface area contributed by atoms with E-state index in [1.165, 1.54) is 0 Å². The number of amides is 1. The Bertz CT molecular complexity index is 1060. The normalized spacial score (nSPS) is 19.0. The zero-order valence-electron chi connectivity index (χ0n) is 16.9. The molecular weight excluding hydrogens is 445 g/mol. The van der Waals surface area contributed by atoms with E-state index >= 15 is 0 Å². The predicted molar refractivity (Wildman–Crippen MR) is 111 cm³/mol. The van der Waals surface area contributed by atoms with Crippen LogP contribution in [-0.2, 0) is 6.18 Å². The van der Waals surface area contributed by atoms with Gasteiger partial charge in [0, 0.05) is 29.2 Å². The number of rotatable bonds is 5. The molecule has 0 unspecified atom stereocenters. The van der Waals surface area contributed by atoms with Gasteiger partial charge in [-0.1, -0.05) is 11.6 Å². The van der Waals surface area contributed by atoms with Gasteiger partial charge < -0.3 is 9.73 Å². The smallest absolute Gasteiger partial charge is 0.417 e. The molecule has 2 aromatic heterocycles. The highest BCUT2D eigenvalue weighted by Crippen LogP contribution is 2.36. The molecule has 10 heteroatoms. The second-order valence-corrected chi connectivity index (χ2v) is 8.25. The van der Waals surface area contributed by atoms with Crippen molar-refractivity contribution in [2.75, 3.05) is 6.54 Å². The van der Waals surface area contributed by atoms with E-state index < -0.39 is 17.6 Å². The van der Waals surface area contributed by atoms with Gasteiger partial charge in [-0.2, -0.15) is 13.2 Å². The standard InChI is InChI=1S/C22H20ClF3N4O2/c23-17-8-5-15(6-9-17)21-30-29-20(32-21)14-3-1-13(2-4-14)11-28-19(31)18-10-7-16(12-27-18)22(24,25)26/h5-10,12-14H,1-4,11H2,(H,28,31). The topological polar surface area (TPSA) is 80.9 Å². The van der Waals surface area contributed by atoms with Crippen LogP contribution in [0.4, 0.5) is 13.2 Å². The SMILES string of the molecule is O=C(NCC1CCC(c2nnc(-c3ccc(Cl)cc3)o2)CC1)c1ccc(C(F)(F)F)cn1. The maximum atomic E-state index is 12.6. The summed E-state index contributed by atoms with van der Waals surface area (Å²) in [6.45, 7) is 0.439. The van der Waals surface area contributed by atoms with Crippen molar-refractivity contribution in [2.24, 2.45) is 5.92 Å². The van der Waals surface area contributed by atoms with E-state index in [-0.39, 0.29) is 17.5 Å². The van der Waals surface area contributed by atoms with Crippen LogP contribution in [0.3, 0.4) is 0 Å². The molecule has 6 nitrogen and oxygen atoms in total. The molecule has 0 atom stereocenters. The van der Waals surface area contributed by atoms with Gasteiger partial charge in [-0.25, -0.2) is 0 Å². The molecule has 1 fully saturated rings. The number of carbonyl (C=O) groups excluding carboxylic acids is 1. The van der Waals surface area contributed by atoms with Crippen molar-refractivity contribution in [1.29, 1.82) is 0 Å². The zero-order valence-corrected chi connectivity index (χ0v) is 17.7. The molecule has 1 aliphatic carbocycles. The first-order valence-corrected chi connectivity index (χ1v) is 10.6. The van der Waals surface area contributed by atoms with Crippen LogP contribution in [0.2, 0.25) is 5.02 Å². The number of aromatic nitrogens is 3. The lowest BCUT2D eigenvalue weighted by Gasteiger charge is -2.26. The van der Waals surface area contributed by atoms with E-state index in [0.717, 1.165) is 43.4 Å². The fourth-order valence-electron chi connectivity index (χ4n) is 3.75. The second kappa shape index (κ2) is 9.28. The summed E-state index contributed by atoms with van der Waals surface area (Å²) in [5.41, 5.74) is -0.110. The molecule has 2 heterocycles. The van der Waals surface area contributed by atoms with Crippen LogP contribution in [0.25, 0.3) is 11.5 Å². The Hall–Kier alpha value is -2.94. The third-order valence-electron chi connectivity index (χ3n) is 5.60. The summed E-state index contributed by atoms with van der Waals surface area (Å²) in [4.78, 5) is 15.8. The quantitative estimate of drug-likeness (QED) is 0.538. The van der Waals surface area contributed by atoms with Crippen molar-refractivity contribution in [2.45, 2.75) is 37.8 Å². The average Bonchev–Trinajstić information content (AvgIpc) is 3.28. The Labute approximate surface area is 187 Å². The number of alkyl halides is 3. The van der Waals surface area contributed by atoms with E-state index in [1.807, 2.05) is 12.1 Å². The summed E-state index contributed by atoms with van der Waals surface area (Å²) in [6, 6.07) is 9.12. The van der Waals surface area contributed by atoms with E-state index in [0.29, 0.717) is 29.5 Å². The van der Waals surface area contributed by atoms with E-state index in [1.54, 1.807) is 12.1 Å². The Morgan fingerprint density at radius 2 is 1.78 bits per heavy atom. The van der Waals surface area contributed by atoms with E-state index in [9.17, 15) is 18.0 Å². The van der Waals surface area contributed by atoms with Crippen molar-refractivity contribution < 1.29 is 22.4 Å². The molecule has 0 saturated heterocycles. The van der Waals surface area contributed by atoms with Crippen LogP contribution in [0, 0.1) is 5.92 Å². The number of pyridine rings is 1. The molecule has 32 heavy (non-hydrogen) atoms. The van der Waals surface area contributed by atoms with Crippen molar-refractivity contribution in [3.05, 3.63) is 64.8 Å².